The molecule has 5 nitrogen and oxygen atoms in total. The lowest BCUT2D eigenvalue weighted by Gasteiger charge is -2.30. The highest BCUT2D eigenvalue weighted by Gasteiger charge is 2.40. The zero-order valence-corrected chi connectivity index (χ0v) is 13.7. The van der Waals surface area contributed by atoms with Crippen molar-refractivity contribution in [1.82, 2.24) is 4.72 Å². The van der Waals surface area contributed by atoms with Crippen LogP contribution in [0.2, 0.25) is 0 Å². The molecule has 1 saturated carbocycles. The maximum Gasteiger partial charge on any atom is 0.240 e. The van der Waals surface area contributed by atoms with E-state index >= 15 is 0 Å². The van der Waals surface area contributed by atoms with Gasteiger partial charge < -0.3 is 11.1 Å². The fourth-order valence-electron chi connectivity index (χ4n) is 2.47. The Labute approximate surface area is 127 Å². The van der Waals surface area contributed by atoms with Crippen molar-refractivity contribution in [3.05, 3.63) is 24.3 Å². The third-order valence-electron chi connectivity index (χ3n) is 3.89. The standard InChI is InChI=1S/C15H25N3O2S/c1-11(2)18-21(19,20)14-8-6-13(7-9-14)17-15(3,10-16)12-4-5-12/h6-9,11-12,17-18H,4-5,10,16H2,1-3H3. The molecule has 1 atom stereocenters. The van der Waals surface area contributed by atoms with Crippen molar-refractivity contribution in [2.45, 2.75) is 50.1 Å². The summed E-state index contributed by atoms with van der Waals surface area (Å²) < 4.78 is 26.7. The van der Waals surface area contributed by atoms with Crippen molar-refractivity contribution >= 4 is 15.7 Å². The van der Waals surface area contributed by atoms with Crippen molar-refractivity contribution in [1.29, 1.82) is 0 Å². The first-order valence-corrected chi connectivity index (χ1v) is 8.86. The molecule has 0 heterocycles. The second-order valence-electron chi connectivity index (χ2n) is 6.32. The van der Waals surface area contributed by atoms with Crippen LogP contribution in [-0.4, -0.2) is 26.5 Å². The van der Waals surface area contributed by atoms with E-state index in [9.17, 15) is 8.42 Å². The van der Waals surface area contributed by atoms with Crippen molar-refractivity contribution in [3.63, 3.8) is 0 Å². The summed E-state index contributed by atoms with van der Waals surface area (Å²) >= 11 is 0. The fraction of sp³-hybridized carbons (Fsp3) is 0.600. The molecule has 1 aromatic carbocycles. The Morgan fingerprint density at radius 3 is 2.29 bits per heavy atom. The predicted octanol–water partition coefficient (Wildman–Crippen LogP) is 1.91. The first-order chi connectivity index (χ1) is 9.77. The van der Waals surface area contributed by atoms with Gasteiger partial charge in [0, 0.05) is 23.8 Å². The topological polar surface area (TPSA) is 84.2 Å². The van der Waals surface area contributed by atoms with Crippen LogP contribution >= 0.6 is 0 Å². The summed E-state index contributed by atoms with van der Waals surface area (Å²) in [6.07, 6.45) is 2.40. The van der Waals surface area contributed by atoms with E-state index in [0.717, 1.165) is 5.69 Å². The molecular weight excluding hydrogens is 286 g/mol. The molecule has 118 valence electrons. The quantitative estimate of drug-likeness (QED) is 0.718. The second kappa shape index (κ2) is 5.94. The molecule has 0 aliphatic heterocycles. The van der Waals surface area contributed by atoms with Gasteiger partial charge in [-0.3, -0.25) is 0 Å². The highest BCUT2D eigenvalue weighted by atomic mass is 32.2. The van der Waals surface area contributed by atoms with Crippen LogP contribution in [0.15, 0.2) is 29.2 Å². The summed E-state index contributed by atoms with van der Waals surface area (Å²) in [4.78, 5) is 0.280. The molecule has 21 heavy (non-hydrogen) atoms. The molecule has 6 heteroatoms. The van der Waals surface area contributed by atoms with Crippen LogP contribution in [0.4, 0.5) is 5.69 Å². The summed E-state index contributed by atoms with van der Waals surface area (Å²) in [5.41, 5.74) is 6.67. The first kappa shape index (κ1) is 16.3. The number of nitrogens with one attached hydrogen (secondary N) is 2. The maximum atomic E-state index is 12.1. The van der Waals surface area contributed by atoms with Crippen LogP contribution in [0, 0.1) is 5.92 Å². The van der Waals surface area contributed by atoms with Gasteiger partial charge in [-0.05, 0) is 63.8 Å². The van der Waals surface area contributed by atoms with Gasteiger partial charge in [0.15, 0.2) is 0 Å². The highest BCUT2D eigenvalue weighted by molar-refractivity contribution is 7.89. The second-order valence-corrected chi connectivity index (χ2v) is 8.04. The van der Waals surface area contributed by atoms with E-state index in [1.807, 2.05) is 0 Å². The molecule has 0 amide bonds. The van der Waals surface area contributed by atoms with E-state index in [1.54, 1.807) is 38.1 Å². The average Bonchev–Trinajstić information content (AvgIpc) is 3.22. The van der Waals surface area contributed by atoms with Gasteiger partial charge in [0.2, 0.25) is 10.0 Å². The smallest absolute Gasteiger partial charge is 0.240 e. The number of rotatable bonds is 7. The molecule has 0 bridgehead atoms. The third kappa shape index (κ3) is 3.96. The average molecular weight is 311 g/mol. The summed E-state index contributed by atoms with van der Waals surface area (Å²) in [6, 6.07) is 6.72. The number of nitrogens with two attached hydrogens (primary N) is 1. The van der Waals surface area contributed by atoms with Gasteiger partial charge in [-0.15, -0.1) is 0 Å². The van der Waals surface area contributed by atoms with Gasteiger partial charge in [-0.1, -0.05) is 0 Å². The van der Waals surface area contributed by atoms with Gasteiger partial charge in [0.25, 0.3) is 0 Å². The molecule has 0 spiro atoms. The van der Waals surface area contributed by atoms with E-state index in [1.165, 1.54) is 12.8 Å². The Kier molecular flexibility index (Phi) is 4.60. The van der Waals surface area contributed by atoms with Crippen molar-refractivity contribution in [2.24, 2.45) is 11.7 Å². The Bertz CT molecular complexity index is 579. The molecular formula is C15H25N3O2S. The summed E-state index contributed by atoms with van der Waals surface area (Å²) in [5, 5.41) is 3.45. The normalized spacial score (nSPS) is 18.5. The minimum Gasteiger partial charge on any atom is -0.378 e. The lowest BCUT2D eigenvalue weighted by molar-refractivity contribution is 0.459. The van der Waals surface area contributed by atoms with Crippen molar-refractivity contribution in [2.75, 3.05) is 11.9 Å². The number of hydrogen-bond acceptors (Lipinski definition) is 4. The Balaban J connectivity index is 2.12. The SMILES string of the molecule is CC(C)NS(=O)(=O)c1ccc(NC(C)(CN)C2CC2)cc1. The Morgan fingerprint density at radius 1 is 1.29 bits per heavy atom. The lowest BCUT2D eigenvalue weighted by atomic mass is 9.95. The van der Waals surface area contributed by atoms with E-state index in [0.29, 0.717) is 12.5 Å². The molecule has 0 aromatic heterocycles. The van der Waals surface area contributed by atoms with Crippen LogP contribution in [0.3, 0.4) is 0 Å². The van der Waals surface area contributed by atoms with Crippen LogP contribution in [-0.2, 0) is 10.0 Å². The Hall–Kier alpha value is -1.11. The fourth-order valence-corrected chi connectivity index (χ4v) is 3.72. The zero-order chi connectivity index (χ0) is 15.7. The predicted molar refractivity (Wildman–Crippen MR) is 85.7 cm³/mol. The molecule has 1 unspecified atom stereocenters. The molecule has 2 rings (SSSR count). The van der Waals surface area contributed by atoms with Crippen molar-refractivity contribution < 1.29 is 8.42 Å². The zero-order valence-electron chi connectivity index (χ0n) is 12.9. The largest absolute Gasteiger partial charge is 0.378 e. The van der Waals surface area contributed by atoms with E-state index < -0.39 is 10.0 Å². The van der Waals surface area contributed by atoms with Gasteiger partial charge in [-0.2, -0.15) is 0 Å². The van der Waals surface area contributed by atoms with Crippen LogP contribution in [0.1, 0.15) is 33.6 Å². The third-order valence-corrected chi connectivity index (χ3v) is 5.56. The number of anilines is 1. The molecule has 4 N–H and O–H groups in total. The molecule has 1 aromatic rings. The van der Waals surface area contributed by atoms with E-state index in [2.05, 4.69) is 17.0 Å². The van der Waals surface area contributed by atoms with E-state index in [4.69, 9.17) is 5.73 Å². The monoisotopic (exact) mass is 311 g/mol. The minimum absolute atomic E-state index is 0.115. The van der Waals surface area contributed by atoms with Gasteiger partial charge in [0.05, 0.1) is 4.90 Å². The maximum absolute atomic E-state index is 12.1. The van der Waals surface area contributed by atoms with Gasteiger partial charge >= 0.3 is 0 Å². The number of benzene rings is 1. The molecule has 1 aliphatic carbocycles. The van der Waals surface area contributed by atoms with E-state index in [-0.39, 0.29) is 16.5 Å². The first-order valence-electron chi connectivity index (χ1n) is 7.37. The minimum atomic E-state index is -3.43. The highest BCUT2D eigenvalue weighted by Crippen LogP contribution is 2.40. The summed E-state index contributed by atoms with van der Waals surface area (Å²) in [6.45, 7) is 6.29. The molecule has 1 aliphatic rings. The lowest BCUT2D eigenvalue weighted by Crippen LogP contribution is -2.44. The van der Waals surface area contributed by atoms with Crippen LogP contribution < -0.4 is 15.8 Å². The van der Waals surface area contributed by atoms with Gasteiger partial charge in [-0.25, -0.2) is 13.1 Å². The molecule has 0 radical (unpaired) electrons. The molecule has 0 saturated heterocycles. The number of hydrogen-bond donors (Lipinski definition) is 3. The van der Waals surface area contributed by atoms with Crippen molar-refractivity contribution in [3.8, 4) is 0 Å². The summed E-state index contributed by atoms with van der Waals surface area (Å²) in [5.74, 6) is 0.605. The summed E-state index contributed by atoms with van der Waals surface area (Å²) in [7, 11) is -3.43. The van der Waals surface area contributed by atoms with Crippen LogP contribution in [0.5, 0.6) is 0 Å². The number of sulfonamides is 1. The Morgan fingerprint density at radius 2 is 1.86 bits per heavy atom. The van der Waals surface area contributed by atoms with Gasteiger partial charge in [0.1, 0.15) is 0 Å². The van der Waals surface area contributed by atoms with Crippen LogP contribution in [0.25, 0.3) is 0 Å². The molecule has 1 fully saturated rings.